The van der Waals surface area contributed by atoms with Gasteiger partial charge in [0.1, 0.15) is 5.15 Å². The van der Waals surface area contributed by atoms with Gasteiger partial charge in [0.2, 0.25) is 5.91 Å². The number of halogens is 1. The maximum atomic E-state index is 11.8. The number of hydrogen-bond donors (Lipinski definition) is 1. The Bertz CT molecular complexity index is 477. The van der Waals surface area contributed by atoms with Crippen molar-refractivity contribution >= 4 is 34.0 Å². The summed E-state index contributed by atoms with van der Waals surface area (Å²) in [5.41, 5.74) is 0. The van der Waals surface area contributed by atoms with Gasteiger partial charge in [0, 0.05) is 33.7 Å². The highest BCUT2D eigenvalue weighted by atomic mass is 35.5. The van der Waals surface area contributed by atoms with Crippen molar-refractivity contribution in [2.24, 2.45) is 5.92 Å². The molecule has 0 aromatic carbocycles. The smallest absolute Gasteiger partial charge is 0.224 e. The second-order valence-electron chi connectivity index (χ2n) is 5.22. The molecule has 5 nitrogen and oxygen atoms in total. The maximum Gasteiger partial charge on any atom is 0.224 e. The highest BCUT2D eigenvalue weighted by Gasteiger charge is 2.28. The highest BCUT2D eigenvalue weighted by Crippen LogP contribution is 2.31. The average molecular weight is 317 g/mol. The molecule has 0 bridgehead atoms. The Morgan fingerprint density at radius 2 is 2.35 bits per heavy atom. The lowest BCUT2D eigenvalue weighted by Gasteiger charge is -2.14. The zero-order valence-electron chi connectivity index (χ0n) is 12.1. The van der Waals surface area contributed by atoms with Crippen molar-refractivity contribution in [2.45, 2.75) is 19.9 Å². The lowest BCUT2D eigenvalue weighted by molar-refractivity contribution is -0.124. The molecule has 7 heteroatoms. The number of anilines is 1. The highest BCUT2D eigenvalue weighted by molar-refractivity contribution is 7.16. The van der Waals surface area contributed by atoms with E-state index in [1.807, 2.05) is 25.9 Å². The second-order valence-corrected chi connectivity index (χ2v) is 6.64. The van der Waals surface area contributed by atoms with Gasteiger partial charge in [-0.05, 0) is 19.9 Å². The summed E-state index contributed by atoms with van der Waals surface area (Å²) in [5, 5.41) is 4.40. The number of nitrogens with zero attached hydrogens (tertiary/aromatic N) is 3. The van der Waals surface area contributed by atoms with Crippen LogP contribution in [-0.4, -0.2) is 49.5 Å². The third-order valence-corrected chi connectivity index (χ3v) is 5.01. The molecule has 0 unspecified atom stereocenters. The summed E-state index contributed by atoms with van der Waals surface area (Å²) in [4.78, 5) is 21.5. The van der Waals surface area contributed by atoms with Crippen molar-refractivity contribution in [2.75, 3.05) is 38.6 Å². The molecule has 0 radical (unpaired) electrons. The minimum atomic E-state index is 0.106. The van der Waals surface area contributed by atoms with E-state index in [4.69, 9.17) is 11.6 Å². The Morgan fingerprint density at radius 3 is 2.95 bits per heavy atom. The lowest BCUT2D eigenvalue weighted by atomic mass is 10.1. The van der Waals surface area contributed by atoms with Crippen LogP contribution in [0, 0.1) is 5.92 Å². The summed E-state index contributed by atoms with van der Waals surface area (Å²) >= 11 is 7.80. The van der Waals surface area contributed by atoms with Gasteiger partial charge in [0.15, 0.2) is 5.13 Å². The quantitative estimate of drug-likeness (QED) is 0.900. The molecule has 112 valence electrons. The van der Waals surface area contributed by atoms with Gasteiger partial charge < -0.3 is 10.2 Å². The van der Waals surface area contributed by atoms with Crippen LogP contribution in [0.3, 0.4) is 0 Å². The number of hydrogen-bond acceptors (Lipinski definition) is 5. The van der Waals surface area contributed by atoms with Crippen molar-refractivity contribution in [3.63, 3.8) is 0 Å². The van der Waals surface area contributed by atoms with E-state index in [2.05, 4.69) is 15.2 Å². The minimum absolute atomic E-state index is 0.106. The SMILES string of the molecule is CCNC(=O)[C@@H]1CCN(Cc2sc(N(C)C)nc2Cl)C1. The van der Waals surface area contributed by atoms with E-state index in [1.165, 1.54) is 0 Å². The fourth-order valence-corrected chi connectivity index (χ4v) is 3.54. The Morgan fingerprint density at radius 1 is 1.60 bits per heavy atom. The first-order valence-electron chi connectivity index (χ1n) is 6.83. The Hall–Kier alpha value is -0.850. The zero-order chi connectivity index (χ0) is 14.7. The van der Waals surface area contributed by atoms with Gasteiger partial charge in [-0.2, -0.15) is 0 Å². The summed E-state index contributed by atoms with van der Waals surface area (Å²) in [6, 6.07) is 0. The summed E-state index contributed by atoms with van der Waals surface area (Å²) in [7, 11) is 3.92. The molecular formula is C13H21ClN4OS. The molecule has 1 aromatic rings. The van der Waals surface area contributed by atoms with Gasteiger partial charge in [0.05, 0.1) is 10.8 Å². The van der Waals surface area contributed by atoms with E-state index < -0.39 is 0 Å². The molecule has 2 heterocycles. The molecule has 0 saturated carbocycles. The van der Waals surface area contributed by atoms with Gasteiger partial charge in [-0.1, -0.05) is 22.9 Å². The molecular weight excluding hydrogens is 296 g/mol. The first kappa shape index (κ1) is 15.5. The van der Waals surface area contributed by atoms with Crippen LogP contribution in [0.5, 0.6) is 0 Å². The molecule has 0 spiro atoms. The second kappa shape index (κ2) is 6.74. The third kappa shape index (κ3) is 3.62. The van der Waals surface area contributed by atoms with E-state index in [-0.39, 0.29) is 11.8 Å². The molecule has 1 aliphatic heterocycles. The number of carbonyl (C=O) groups excluding carboxylic acids is 1. The largest absolute Gasteiger partial charge is 0.356 e. The molecule has 1 saturated heterocycles. The predicted molar refractivity (Wildman–Crippen MR) is 83.5 cm³/mol. The number of likely N-dealkylation sites (tertiary alicyclic amines) is 1. The van der Waals surface area contributed by atoms with E-state index >= 15 is 0 Å². The normalized spacial score (nSPS) is 19.3. The van der Waals surface area contributed by atoms with Crippen LogP contribution >= 0.6 is 22.9 Å². The van der Waals surface area contributed by atoms with E-state index in [1.54, 1.807) is 11.3 Å². The number of thiazole rings is 1. The van der Waals surface area contributed by atoms with Gasteiger partial charge in [-0.15, -0.1) is 0 Å². The molecule has 1 N–H and O–H groups in total. The van der Waals surface area contributed by atoms with Crippen LogP contribution in [0.25, 0.3) is 0 Å². The average Bonchev–Trinajstić information content (AvgIpc) is 2.98. The van der Waals surface area contributed by atoms with Crippen molar-refractivity contribution in [1.82, 2.24) is 15.2 Å². The van der Waals surface area contributed by atoms with Crippen LogP contribution < -0.4 is 10.2 Å². The monoisotopic (exact) mass is 316 g/mol. The first-order chi connectivity index (χ1) is 9.51. The molecule has 1 aromatic heterocycles. The van der Waals surface area contributed by atoms with Gasteiger partial charge in [-0.25, -0.2) is 4.98 Å². The van der Waals surface area contributed by atoms with E-state index in [9.17, 15) is 4.79 Å². The number of nitrogens with one attached hydrogen (secondary N) is 1. The number of aromatic nitrogens is 1. The topological polar surface area (TPSA) is 48.5 Å². The van der Waals surface area contributed by atoms with Crippen molar-refractivity contribution < 1.29 is 4.79 Å². The molecule has 1 aliphatic rings. The van der Waals surface area contributed by atoms with Crippen LogP contribution in [0.4, 0.5) is 5.13 Å². The van der Waals surface area contributed by atoms with Gasteiger partial charge >= 0.3 is 0 Å². The summed E-state index contributed by atoms with van der Waals surface area (Å²) in [6.45, 7) is 5.16. The van der Waals surface area contributed by atoms with Crippen molar-refractivity contribution in [1.29, 1.82) is 0 Å². The Labute approximate surface area is 128 Å². The lowest BCUT2D eigenvalue weighted by Crippen LogP contribution is -2.32. The summed E-state index contributed by atoms with van der Waals surface area (Å²) in [5.74, 6) is 0.273. The molecule has 20 heavy (non-hydrogen) atoms. The number of amides is 1. The van der Waals surface area contributed by atoms with Crippen LogP contribution in [0.2, 0.25) is 5.15 Å². The zero-order valence-corrected chi connectivity index (χ0v) is 13.7. The van der Waals surface area contributed by atoms with E-state index in [0.29, 0.717) is 11.7 Å². The van der Waals surface area contributed by atoms with Crippen molar-refractivity contribution in [3.05, 3.63) is 10.0 Å². The predicted octanol–water partition coefficient (Wildman–Crippen LogP) is 1.82. The minimum Gasteiger partial charge on any atom is -0.356 e. The number of carbonyl (C=O) groups is 1. The first-order valence-corrected chi connectivity index (χ1v) is 8.03. The van der Waals surface area contributed by atoms with E-state index in [0.717, 1.165) is 36.1 Å². The molecule has 1 amide bonds. The maximum absolute atomic E-state index is 11.8. The van der Waals surface area contributed by atoms with Gasteiger partial charge in [-0.3, -0.25) is 9.69 Å². The standard InChI is InChI=1S/C13H21ClN4OS/c1-4-15-12(19)9-5-6-18(7-9)8-10-11(14)16-13(20-10)17(2)3/h9H,4-8H2,1-3H3,(H,15,19)/t9-/m1/s1. The third-order valence-electron chi connectivity index (χ3n) is 3.38. The number of rotatable bonds is 5. The van der Waals surface area contributed by atoms with Crippen LogP contribution in [0.1, 0.15) is 18.2 Å². The van der Waals surface area contributed by atoms with Crippen LogP contribution in [0.15, 0.2) is 0 Å². The Balaban J connectivity index is 1.93. The van der Waals surface area contributed by atoms with Crippen LogP contribution in [-0.2, 0) is 11.3 Å². The van der Waals surface area contributed by atoms with Crippen molar-refractivity contribution in [3.8, 4) is 0 Å². The summed E-state index contributed by atoms with van der Waals surface area (Å²) < 4.78 is 0. The Kier molecular flexibility index (Phi) is 5.23. The molecule has 2 rings (SSSR count). The molecule has 1 atom stereocenters. The fraction of sp³-hybridized carbons (Fsp3) is 0.692. The summed E-state index contributed by atoms with van der Waals surface area (Å²) in [6.07, 6.45) is 0.919. The van der Waals surface area contributed by atoms with Gasteiger partial charge in [0.25, 0.3) is 0 Å². The molecule has 0 aliphatic carbocycles. The molecule has 1 fully saturated rings. The fourth-order valence-electron chi connectivity index (χ4n) is 2.32.